The maximum Gasteiger partial charge on any atom is 0.148 e. The largest absolute Gasteiger partial charge is 0.369 e. The molecule has 0 aliphatic rings. The van der Waals surface area contributed by atoms with E-state index in [0.29, 0.717) is 0 Å². The second-order valence-electron chi connectivity index (χ2n) is 3.09. The van der Waals surface area contributed by atoms with Crippen LogP contribution in [0.25, 0.3) is 0 Å². The van der Waals surface area contributed by atoms with E-state index in [1.54, 1.807) is 11.8 Å². The summed E-state index contributed by atoms with van der Waals surface area (Å²) in [6, 6.07) is 3.97. The Hall–Kier alpha value is -0.420. The average Bonchev–Trinajstić information content (AvgIpc) is 2.30. The van der Waals surface area contributed by atoms with Crippen LogP contribution in [-0.2, 0) is 0 Å². The van der Waals surface area contributed by atoms with Crippen molar-refractivity contribution < 1.29 is 0 Å². The van der Waals surface area contributed by atoms with E-state index in [1.165, 1.54) is 18.6 Å². The quantitative estimate of drug-likeness (QED) is 0.589. The Morgan fingerprint density at radius 1 is 1.20 bits per heavy atom. The first-order valence-corrected chi connectivity index (χ1v) is 7.59. The molecule has 84 valence electrons. The Labute approximate surface area is 99.8 Å². The minimum Gasteiger partial charge on any atom is -0.369 e. The highest BCUT2D eigenvalue weighted by Crippen LogP contribution is 2.11. The SMILES string of the molecule is CSCCCCNc1ccc(SC)nn1. The number of nitrogens with zero attached hydrogens (tertiary/aromatic N) is 2. The highest BCUT2D eigenvalue weighted by molar-refractivity contribution is 7.98. The van der Waals surface area contributed by atoms with Crippen molar-refractivity contribution >= 4 is 29.3 Å². The van der Waals surface area contributed by atoms with Gasteiger partial charge in [0, 0.05) is 6.54 Å². The van der Waals surface area contributed by atoms with Crippen molar-refractivity contribution in [1.29, 1.82) is 0 Å². The van der Waals surface area contributed by atoms with Crippen LogP contribution in [0.4, 0.5) is 5.82 Å². The summed E-state index contributed by atoms with van der Waals surface area (Å²) in [5.41, 5.74) is 0. The second kappa shape index (κ2) is 7.82. The molecule has 0 spiro atoms. The molecule has 0 amide bonds. The number of hydrogen-bond donors (Lipinski definition) is 1. The van der Waals surface area contributed by atoms with Gasteiger partial charge >= 0.3 is 0 Å². The number of aromatic nitrogens is 2. The van der Waals surface area contributed by atoms with Crippen LogP contribution in [0.3, 0.4) is 0 Å². The highest BCUT2D eigenvalue weighted by atomic mass is 32.2. The molecule has 1 rings (SSSR count). The maximum absolute atomic E-state index is 4.08. The lowest BCUT2D eigenvalue weighted by atomic mass is 10.3. The van der Waals surface area contributed by atoms with Gasteiger partial charge < -0.3 is 5.32 Å². The summed E-state index contributed by atoms with van der Waals surface area (Å²) in [5, 5.41) is 12.4. The van der Waals surface area contributed by atoms with Gasteiger partial charge in [0.25, 0.3) is 0 Å². The van der Waals surface area contributed by atoms with Crippen LogP contribution in [0.2, 0.25) is 0 Å². The van der Waals surface area contributed by atoms with E-state index in [-0.39, 0.29) is 0 Å². The first-order valence-electron chi connectivity index (χ1n) is 4.97. The van der Waals surface area contributed by atoms with E-state index < -0.39 is 0 Å². The number of rotatable bonds is 7. The predicted octanol–water partition coefficient (Wildman–Crippen LogP) is 2.75. The molecule has 0 unspecified atom stereocenters. The van der Waals surface area contributed by atoms with Crippen LogP contribution in [-0.4, -0.2) is 35.0 Å². The van der Waals surface area contributed by atoms with Crippen molar-refractivity contribution in [2.45, 2.75) is 17.9 Å². The van der Waals surface area contributed by atoms with E-state index in [4.69, 9.17) is 0 Å². The van der Waals surface area contributed by atoms with Gasteiger partial charge in [-0.25, -0.2) is 0 Å². The number of hydrogen-bond acceptors (Lipinski definition) is 5. The Bertz CT molecular complexity index is 264. The molecule has 0 fully saturated rings. The molecule has 5 heteroatoms. The molecule has 0 aliphatic heterocycles. The lowest BCUT2D eigenvalue weighted by Gasteiger charge is -2.04. The fourth-order valence-electron chi connectivity index (χ4n) is 1.11. The van der Waals surface area contributed by atoms with Crippen LogP contribution in [0.15, 0.2) is 17.2 Å². The van der Waals surface area contributed by atoms with Gasteiger partial charge in [-0.1, -0.05) is 0 Å². The van der Waals surface area contributed by atoms with Gasteiger partial charge in [-0.15, -0.1) is 22.0 Å². The third-order valence-electron chi connectivity index (χ3n) is 1.93. The minimum atomic E-state index is 0.872. The highest BCUT2D eigenvalue weighted by Gasteiger charge is 1.95. The van der Waals surface area contributed by atoms with Gasteiger partial charge in [-0.2, -0.15) is 11.8 Å². The van der Waals surface area contributed by atoms with E-state index >= 15 is 0 Å². The number of unbranched alkanes of at least 4 members (excludes halogenated alkanes) is 1. The molecule has 0 aliphatic carbocycles. The molecule has 1 heterocycles. The van der Waals surface area contributed by atoms with Gasteiger partial charge in [-0.05, 0) is 43.2 Å². The van der Waals surface area contributed by atoms with Gasteiger partial charge in [0.05, 0.1) is 0 Å². The topological polar surface area (TPSA) is 37.8 Å². The standard InChI is InChI=1S/C10H17N3S2/c1-14-8-4-3-7-11-9-5-6-10(15-2)13-12-9/h5-6H,3-4,7-8H2,1-2H3,(H,11,12). The molecule has 1 N–H and O–H groups in total. The van der Waals surface area contributed by atoms with Crippen LogP contribution >= 0.6 is 23.5 Å². The normalized spacial score (nSPS) is 10.3. The lowest BCUT2D eigenvalue weighted by molar-refractivity contribution is 0.830. The zero-order valence-corrected chi connectivity index (χ0v) is 10.8. The molecule has 0 bridgehead atoms. The van der Waals surface area contributed by atoms with E-state index in [1.807, 2.05) is 30.2 Å². The summed E-state index contributed by atoms with van der Waals surface area (Å²) in [5.74, 6) is 2.11. The minimum absolute atomic E-state index is 0.872. The molecule has 0 saturated carbocycles. The summed E-state index contributed by atoms with van der Waals surface area (Å²) in [4.78, 5) is 0. The Kier molecular flexibility index (Phi) is 6.59. The average molecular weight is 243 g/mol. The number of thioether (sulfide) groups is 2. The van der Waals surface area contributed by atoms with Crippen LogP contribution in [0, 0.1) is 0 Å². The molecule has 3 nitrogen and oxygen atoms in total. The van der Waals surface area contributed by atoms with Crippen molar-refractivity contribution in [3.05, 3.63) is 12.1 Å². The fraction of sp³-hybridized carbons (Fsp3) is 0.600. The summed E-state index contributed by atoms with van der Waals surface area (Å²) >= 11 is 3.50. The maximum atomic E-state index is 4.08. The third-order valence-corrected chi connectivity index (χ3v) is 3.26. The third kappa shape index (κ3) is 5.28. The van der Waals surface area contributed by atoms with Crippen LogP contribution in [0.1, 0.15) is 12.8 Å². The van der Waals surface area contributed by atoms with Gasteiger partial charge in [0.2, 0.25) is 0 Å². The lowest BCUT2D eigenvalue weighted by Crippen LogP contribution is -2.04. The molecule has 1 aromatic heterocycles. The van der Waals surface area contributed by atoms with E-state index in [0.717, 1.165) is 17.4 Å². The Balaban J connectivity index is 2.20. The molecule has 1 aromatic rings. The first kappa shape index (κ1) is 12.6. The van der Waals surface area contributed by atoms with Crippen molar-refractivity contribution in [3.8, 4) is 0 Å². The summed E-state index contributed by atoms with van der Waals surface area (Å²) in [6.07, 6.45) is 6.58. The zero-order valence-electron chi connectivity index (χ0n) is 9.19. The van der Waals surface area contributed by atoms with Crippen molar-refractivity contribution in [2.75, 3.05) is 30.1 Å². The predicted molar refractivity (Wildman–Crippen MR) is 69.9 cm³/mol. The first-order chi connectivity index (χ1) is 7.36. The Morgan fingerprint density at radius 3 is 2.67 bits per heavy atom. The van der Waals surface area contributed by atoms with E-state index in [9.17, 15) is 0 Å². The summed E-state index contributed by atoms with van der Waals surface area (Å²) in [6.45, 7) is 0.980. The molecule has 15 heavy (non-hydrogen) atoms. The fourth-order valence-corrected chi connectivity index (χ4v) is 1.93. The molecular weight excluding hydrogens is 226 g/mol. The van der Waals surface area contributed by atoms with Gasteiger partial charge in [-0.3, -0.25) is 0 Å². The van der Waals surface area contributed by atoms with Crippen molar-refractivity contribution in [1.82, 2.24) is 10.2 Å². The summed E-state index contributed by atoms with van der Waals surface area (Å²) in [7, 11) is 0. The van der Waals surface area contributed by atoms with Crippen LogP contribution in [0.5, 0.6) is 0 Å². The van der Waals surface area contributed by atoms with Gasteiger partial charge in [0.1, 0.15) is 10.8 Å². The van der Waals surface area contributed by atoms with Gasteiger partial charge in [0.15, 0.2) is 0 Å². The van der Waals surface area contributed by atoms with E-state index in [2.05, 4.69) is 21.8 Å². The monoisotopic (exact) mass is 243 g/mol. The second-order valence-corrected chi connectivity index (χ2v) is 4.90. The molecule has 0 aromatic carbocycles. The molecule has 0 radical (unpaired) electrons. The summed E-state index contributed by atoms with van der Waals surface area (Å²) < 4.78 is 0. The number of anilines is 1. The van der Waals surface area contributed by atoms with Crippen molar-refractivity contribution in [2.24, 2.45) is 0 Å². The molecule has 0 saturated heterocycles. The molecule has 0 atom stereocenters. The van der Waals surface area contributed by atoms with Crippen molar-refractivity contribution in [3.63, 3.8) is 0 Å². The smallest absolute Gasteiger partial charge is 0.148 e. The Morgan fingerprint density at radius 2 is 2.07 bits per heavy atom. The number of nitrogens with one attached hydrogen (secondary N) is 1. The van der Waals surface area contributed by atoms with Crippen LogP contribution < -0.4 is 5.32 Å². The molecular formula is C10H17N3S2. The zero-order chi connectivity index (χ0) is 10.9.